The lowest BCUT2D eigenvalue weighted by molar-refractivity contribution is 0.0829. The highest BCUT2D eigenvalue weighted by atomic mass is 16.2. The van der Waals surface area contributed by atoms with Crippen molar-refractivity contribution in [1.29, 1.82) is 0 Å². The van der Waals surface area contributed by atoms with Gasteiger partial charge in [-0.25, -0.2) is 4.68 Å². The third-order valence-corrected chi connectivity index (χ3v) is 4.91. The molecule has 4 aromatic rings. The fourth-order valence-electron chi connectivity index (χ4n) is 3.48. The molecule has 0 aliphatic carbocycles. The number of carbonyl (C=O) groups excluding carboxylic acids is 1. The van der Waals surface area contributed by atoms with Gasteiger partial charge in [0.25, 0.3) is 5.91 Å². The third kappa shape index (κ3) is 3.42. The molecule has 7 heteroatoms. The summed E-state index contributed by atoms with van der Waals surface area (Å²) in [4.78, 5) is 14.3. The first kappa shape index (κ1) is 18.6. The number of amides is 1. The number of benzene rings is 3. The minimum atomic E-state index is -0.00682. The Morgan fingerprint density at radius 3 is 2.59 bits per heavy atom. The summed E-state index contributed by atoms with van der Waals surface area (Å²) in [6.07, 6.45) is 0. The van der Waals surface area contributed by atoms with E-state index in [2.05, 4.69) is 20.8 Å². The molecule has 1 aromatic heterocycles. The number of hydrogen-bond donors (Lipinski definition) is 1. The van der Waals surface area contributed by atoms with Crippen LogP contribution < -0.4 is 5.32 Å². The highest BCUT2D eigenvalue weighted by molar-refractivity contribution is 6.11. The van der Waals surface area contributed by atoms with Gasteiger partial charge in [-0.05, 0) is 52.6 Å². The average Bonchev–Trinajstić information content (AvgIpc) is 3.14. The van der Waals surface area contributed by atoms with E-state index in [4.69, 9.17) is 0 Å². The van der Waals surface area contributed by atoms with Crippen LogP contribution in [0.1, 0.15) is 15.9 Å². The van der Waals surface area contributed by atoms with Crippen molar-refractivity contribution in [3.63, 3.8) is 0 Å². The Balaban J connectivity index is 1.79. The van der Waals surface area contributed by atoms with Crippen LogP contribution in [0.25, 0.3) is 22.2 Å². The molecule has 0 aliphatic rings. The van der Waals surface area contributed by atoms with E-state index in [1.807, 2.05) is 68.6 Å². The van der Waals surface area contributed by atoms with Gasteiger partial charge in [-0.15, -0.1) is 5.10 Å². The Bertz CT molecular complexity index is 1210. The summed E-state index contributed by atoms with van der Waals surface area (Å²) in [7, 11) is 5.35. The number of fused-ring (bicyclic) bond motifs is 1. The van der Waals surface area contributed by atoms with E-state index in [1.165, 1.54) is 0 Å². The predicted molar refractivity (Wildman–Crippen MR) is 114 cm³/mol. The highest BCUT2D eigenvalue weighted by Crippen LogP contribution is 2.32. The van der Waals surface area contributed by atoms with Crippen molar-refractivity contribution in [3.8, 4) is 11.4 Å². The second-order valence-electron chi connectivity index (χ2n) is 7.19. The lowest BCUT2D eigenvalue weighted by Gasteiger charge is -2.17. The molecule has 0 aliphatic heterocycles. The normalized spacial score (nSPS) is 10.9. The van der Waals surface area contributed by atoms with Gasteiger partial charge < -0.3 is 10.2 Å². The SMILES string of the molecule is Cc1cccc2c(Nc3cccc(-c4nnnn4C)c3)ccc(C(=O)N(C)C)c12. The Kier molecular flexibility index (Phi) is 4.72. The van der Waals surface area contributed by atoms with Gasteiger partial charge in [0.05, 0.1) is 0 Å². The number of aryl methyl sites for hydroxylation is 2. The summed E-state index contributed by atoms with van der Waals surface area (Å²) < 4.78 is 1.64. The molecule has 3 aromatic carbocycles. The summed E-state index contributed by atoms with van der Waals surface area (Å²) in [5, 5.41) is 17.1. The maximum atomic E-state index is 12.7. The van der Waals surface area contributed by atoms with Crippen LogP contribution in [0.15, 0.2) is 54.6 Å². The molecule has 0 unspecified atom stereocenters. The smallest absolute Gasteiger partial charge is 0.253 e. The van der Waals surface area contributed by atoms with Gasteiger partial charge in [0.1, 0.15) is 0 Å². The van der Waals surface area contributed by atoms with Crippen LogP contribution in [0.3, 0.4) is 0 Å². The van der Waals surface area contributed by atoms with Gasteiger partial charge in [0.2, 0.25) is 0 Å². The topological polar surface area (TPSA) is 75.9 Å². The molecule has 0 radical (unpaired) electrons. The van der Waals surface area contributed by atoms with Crippen LogP contribution in [-0.4, -0.2) is 45.1 Å². The molecule has 4 rings (SSSR count). The Morgan fingerprint density at radius 2 is 1.86 bits per heavy atom. The lowest BCUT2D eigenvalue weighted by Crippen LogP contribution is -2.22. The number of nitrogens with zero attached hydrogens (tertiary/aromatic N) is 5. The highest BCUT2D eigenvalue weighted by Gasteiger charge is 2.16. The minimum Gasteiger partial charge on any atom is -0.355 e. The number of hydrogen-bond acceptors (Lipinski definition) is 5. The molecule has 0 fully saturated rings. The van der Waals surface area contributed by atoms with Gasteiger partial charge in [0, 0.05) is 49.0 Å². The van der Waals surface area contributed by atoms with Crippen LogP contribution in [0.5, 0.6) is 0 Å². The first-order chi connectivity index (χ1) is 14.0. The second kappa shape index (κ2) is 7.35. The Hall–Kier alpha value is -3.74. The molecular weight excluding hydrogens is 364 g/mol. The van der Waals surface area contributed by atoms with Gasteiger partial charge in [0.15, 0.2) is 5.82 Å². The summed E-state index contributed by atoms with van der Waals surface area (Å²) in [5.74, 6) is 0.689. The summed E-state index contributed by atoms with van der Waals surface area (Å²) in [6.45, 7) is 2.03. The van der Waals surface area contributed by atoms with Gasteiger partial charge in [-0.1, -0.05) is 30.3 Å². The molecule has 7 nitrogen and oxygen atoms in total. The molecule has 0 saturated carbocycles. The fourth-order valence-corrected chi connectivity index (χ4v) is 3.48. The van der Waals surface area contributed by atoms with E-state index in [9.17, 15) is 4.79 Å². The summed E-state index contributed by atoms with van der Waals surface area (Å²) >= 11 is 0. The van der Waals surface area contributed by atoms with E-state index >= 15 is 0 Å². The number of anilines is 2. The van der Waals surface area contributed by atoms with Crippen LogP contribution in [0, 0.1) is 6.92 Å². The maximum absolute atomic E-state index is 12.7. The quantitative estimate of drug-likeness (QED) is 0.578. The number of nitrogens with one attached hydrogen (secondary N) is 1. The fraction of sp³-hybridized carbons (Fsp3) is 0.182. The summed E-state index contributed by atoms with van der Waals surface area (Å²) in [5.41, 5.74) is 4.54. The van der Waals surface area contributed by atoms with Crippen molar-refractivity contribution in [2.75, 3.05) is 19.4 Å². The lowest BCUT2D eigenvalue weighted by atomic mass is 9.97. The molecule has 1 heterocycles. The van der Waals surface area contributed by atoms with Crippen molar-refractivity contribution in [3.05, 3.63) is 65.7 Å². The van der Waals surface area contributed by atoms with Crippen LogP contribution in [0.2, 0.25) is 0 Å². The second-order valence-corrected chi connectivity index (χ2v) is 7.19. The van der Waals surface area contributed by atoms with E-state index in [0.29, 0.717) is 11.4 Å². The molecular formula is C22H22N6O. The minimum absolute atomic E-state index is 0.00682. The molecule has 0 spiro atoms. The zero-order valence-corrected chi connectivity index (χ0v) is 16.8. The van der Waals surface area contributed by atoms with Gasteiger partial charge in [-0.3, -0.25) is 4.79 Å². The largest absolute Gasteiger partial charge is 0.355 e. The number of aromatic nitrogens is 4. The van der Waals surface area contributed by atoms with Crippen LogP contribution in [0.4, 0.5) is 11.4 Å². The zero-order valence-electron chi connectivity index (χ0n) is 16.8. The van der Waals surface area contributed by atoms with E-state index in [-0.39, 0.29) is 5.91 Å². The van der Waals surface area contributed by atoms with Crippen molar-refractivity contribution in [2.45, 2.75) is 6.92 Å². The standard InChI is InChI=1S/C22H22N6O/c1-14-7-5-10-17-19(12-11-18(20(14)17)22(29)27(2)3)23-16-9-6-8-15(13-16)21-24-25-26-28(21)4/h5-13,23H,1-4H3. The molecule has 1 N–H and O–H groups in total. The van der Waals surface area contributed by atoms with Crippen molar-refractivity contribution >= 4 is 28.1 Å². The molecule has 0 saturated heterocycles. The average molecular weight is 386 g/mol. The molecule has 146 valence electrons. The van der Waals surface area contributed by atoms with Gasteiger partial charge >= 0.3 is 0 Å². The molecule has 29 heavy (non-hydrogen) atoms. The van der Waals surface area contributed by atoms with Crippen LogP contribution >= 0.6 is 0 Å². The molecule has 0 bridgehead atoms. The number of tetrazole rings is 1. The monoisotopic (exact) mass is 386 g/mol. The van der Waals surface area contributed by atoms with Crippen molar-refractivity contribution < 1.29 is 4.79 Å². The Morgan fingerprint density at radius 1 is 1.07 bits per heavy atom. The maximum Gasteiger partial charge on any atom is 0.253 e. The van der Waals surface area contributed by atoms with E-state index < -0.39 is 0 Å². The first-order valence-electron chi connectivity index (χ1n) is 9.29. The van der Waals surface area contributed by atoms with E-state index in [0.717, 1.165) is 33.3 Å². The number of rotatable bonds is 4. The molecule has 0 atom stereocenters. The summed E-state index contributed by atoms with van der Waals surface area (Å²) in [6, 6.07) is 17.8. The van der Waals surface area contributed by atoms with Crippen molar-refractivity contribution in [2.24, 2.45) is 7.05 Å². The Labute approximate surface area is 169 Å². The molecule has 1 amide bonds. The van der Waals surface area contributed by atoms with Crippen LogP contribution in [-0.2, 0) is 7.05 Å². The predicted octanol–water partition coefficient (Wildman–Crippen LogP) is 3.78. The van der Waals surface area contributed by atoms with Gasteiger partial charge in [-0.2, -0.15) is 0 Å². The third-order valence-electron chi connectivity index (χ3n) is 4.91. The zero-order chi connectivity index (χ0) is 20.5. The number of carbonyl (C=O) groups is 1. The van der Waals surface area contributed by atoms with E-state index in [1.54, 1.807) is 23.7 Å². The van der Waals surface area contributed by atoms with Crippen molar-refractivity contribution in [1.82, 2.24) is 25.1 Å². The first-order valence-corrected chi connectivity index (χ1v) is 9.29.